The maximum absolute atomic E-state index is 11.8. The van der Waals surface area contributed by atoms with Crippen LogP contribution in [0.5, 0.6) is 0 Å². The molecular formula is C6H3F3INS. The van der Waals surface area contributed by atoms with Gasteiger partial charge in [0.25, 0.3) is 0 Å². The van der Waals surface area contributed by atoms with Gasteiger partial charge in [0.15, 0.2) is 0 Å². The fourth-order valence-electron chi connectivity index (χ4n) is 0.541. The lowest BCUT2D eigenvalue weighted by molar-refractivity contribution is -0.0329. The molecule has 1 heterocycles. The highest BCUT2D eigenvalue weighted by molar-refractivity contribution is 14.1. The molecule has 1 nitrogen and oxygen atoms in total. The third-order valence-electron chi connectivity index (χ3n) is 0.921. The molecule has 66 valence electrons. The first-order valence-corrected chi connectivity index (χ1v) is 4.74. The number of halogens is 4. The van der Waals surface area contributed by atoms with Crippen molar-refractivity contribution in [1.82, 2.24) is 4.98 Å². The predicted molar refractivity (Wildman–Crippen MR) is 48.9 cm³/mol. The standard InChI is InChI=1S/C6H3F3INS/c7-6(8,9)12-5-2-1-4(10)3-11-5/h1-3H. The number of alkyl halides is 3. The van der Waals surface area contributed by atoms with Crippen molar-refractivity contribution in [3.05, 3.63) is 21.9 Å². The minimum atomic E-state index is -4.25. The molecule has 0 saturated carbocycles. The van der Waals surface area contributed by atoms with Gasteiger partial charge in [-0.3, -0.25) is 0 Å². The van der Waals surface area contributed by atoms with E-state index in [0.29, 0.717) is 0 Å². The summed E-state index contributed by atoms with van der Waals surface area (Å²) in [6.07, 6.45) is 1.40. The Labute approximate surface area is 84.9 Å². The summed E-state index contributed by atoms with van der Waals surface area (Å²) >= 11 is 1.78. The van der Waals surface area contributed by atoms with E-state index in [1.807, 2.05) is 22.6 Å². The van der Waals surface area contributed by atoms with Crippen LogP contribution in [0.15, 0.2) is 23.4 Å². The van der Waals surface area contributed by atoms with E-state index >= 15 is 0 Å². The van der Waals surface area contributed by atoms with Gasteiger partial charge in [0.2, 0.25) is 0 Å². The van der Waals surface area contributed by atoms with Crippen LogP contribution >= 0.6 is 34.4 Å². The fourth-order valence-corrected chi connectivity index (χ4v) is 1.34. The summed E-state index contributed by atoms with van der Waals surface area (Å²) in [7, 11) is 0. The van der Waals surface area contributed by atoms with Gasteiger partial charge in [-0.1, -0.05) is 0 Å². The van der Waals surface area contributed by atoms with Crippen LogP contribution in [0.4, 0.5) is 13.2 Å². The monoisotopic (exact) mass is 305 g/mol. The van der Waals surface area contributed by atoms with Gasteiger partial charge in [-0.2, -0.15) is 13.2 Å². The predicted octanol–water partition coefficient (Wildman–Crippen LogP) is 3.30. The van der Waals surface area contributed by atoms with E-state index in [2.05, 4.69) is 4.98 Å². The van der Waals surface area contributed by atoms with E-state index in [1.165, 1.54) is 12.3 Å². The maximum atomic E-state index is 11.8. The zero-order chi connectivity index (χ0) is 9.19. The van der Waals surface area contributed by atoms with E-state index in [4.69, 9.17) is 0 Å². The Morgan fingerprint density at radius 2 is 2.00 bits per heavy atom. The summed E-state index contributed by atoms with van der Waals surface area (Å²) in [6.45, 7) is 0. The van der Waals surface area contributed by atoms with Gasteiger partial charge in [0, 0.05) is 21.5 Å². The van der Waals surface area contributed by atoms with Crippen LogP contribution in [0, 0.1) is 3.57 Å². The van der Waals surface area contributed by atoms with E-state index in [9.17, 15) is 13.2 Å². The molecule has 1 aromatic rings. The lowest BCUT2D eigenvalue weighted by atomic mass is 10.5. The molecule has 0 aliphatic rings. The summed E-state index contributed by atoms with van der Waals surface area (Å²) in [5, 5.41) is -0.0251. The molecule has 0 unspecified atom stereocenters. The summed E-state index contributed by atoms with van der Waals surface area (Å²) in [5.41, 5.74) is -4.25. The molecule has 0 amide bonds. The van der Waals surface area contributed by atoms with E-state index < -0.39 is 5.51 Å². The molecule has 0 fully saturated rings. The van der Waals surface area contributed by atoms with Crippen LogP contribution in [0.2, 0.25) is 0 Å². The number of thioether (sulfide) groups is 1. The van der Waals surface area contributed by atoms with Crippen LogP contribution in [0.3, 0.4) is 0 Å². The lowest BCUT2D eigenvalue weighted by Crippen LogP contribution is -1.99. The number of nitrogens with zero attached hydrogens (tertiary/aromatic N) is 1. The molecule has 0 spiro atoms. The topological polar surface area (TPSA) is 12.9 Å². The minimum absolute atomic E-state index is 0.0251. The van der Waals surface area contributed by atoms with Gasteiger partial charge in [-0.15, -0.1) is 0 Å². The Bertz CT molecular complexity index is 258. The number of hydrogen-bond acceptors (Lipinski definition) is 2. The van der Waals surface area contributed by atoms with Crippen LogP contribution in [-0.4, -0.2) is 10.5 Å². The quantitative estimate of drug-likeness (QED) is 0.583. The van der Waals surface area contributed by atoms with Crippen molar-refractivity contribution < 1.29 is 13.2 Å². The third kappa shape index (κ3) is 3.61. The number of pyridine rings is 1. The molecule has 0 aromatic carbocycles. The molecule has 0 N–H and O–H groups in total. The van der Waals surface area contributed by atoms with Gasteiger partial charge < -0.3 is 0 Å². The molecule has 1 aromatic heterocycles. The summed E-state index contributed by atoms with van der Waals surface area (Å²) in [5.74, 6) is 0. The van der Waals surface area contributed by atoms with E-state index in [0.717, 1.165) is 3.57 Å². The van der Waals surface area contributed by atoms with Crippen molar-refractivity contribution >= 4 is 34.4 Å². The third-order valence-corrected chi connectivity index (χ3v) is 2.24. The molecule has 1 rings (SSSR count). The summed E-state index contributed by atoms with van der Waals surface area (Å²) in [4.78, 5) is 3.60. The summed E-state index contributed by atoms with van der Waals surface area (Å²) < 4.78 is 36.1. The Kier molecular flexibility index (Phi) is 3.22. The molecule has 12 heavy (non-hydrogen) atoms. The minimum Gasteiger partial charge on any atom is -0.249 e. The van der Waals surface area contributed by atoms with Crippen molar-refractivity contribution in [2.24, 2.45) is 0 Å². The molecule has 0 aliphatic heterocycles. The SMILES string of the molecule is FC(F)(F)Sc1ccc(I)cn1. The highest BCUT2D eigenvalue weighted by atomic mass is 127. The second-order valence-electron chi connectivity index (χ2n) is 1.86. The zero-order valence-corrected chi connectivity index (χ0v) is 8.57. The molecule has 0 radical (unpaired) electrons. The second-order valence-corrected chi connectivity index (χ2v) is 4.19. The molecule has 0 aliphatic carbocycles. The van der Waals surface area contributed by atoms with Crippen LogP contribution in [-0.2, 0) is 0 Å². The molecular weight excluding hydrogens is 302 g/mol. The van der Waals surface area contributed by atoms with Crippen molar-refractivity contribution in [3.63, 3.8) is 0 Å². The Morgan fingerprint density at radius 3 is 2.42 bits per heavy atom. The van der Waals surface area contributed by atoms with Crippen LogP contribution in [0.1, 0.15) is 0 Å². The summed E-state index contributed by atoms with van der Waals surface area (Å²) in [6, 6.07) is 2.93. The van der Waals surface area contributed by atoms with Gasteiger partial charge in [0.1, 0.15) is 5.03 Å². The van der Waals surface area contributed by atoms with Crippen LogP contribution in [0.25, 0.3) is 0 Å². The average molecular weight is 305 g/mol. The highest BCUT2D eigenvalue weighted by Gasteiger charge is 2.29. The van der Waals surface area contributed by atoms with Crippen LogP contribution < -0.4 is 0 Å². The van der Waals surface area contributed by atoms with Gasteiger partial charge in [0.05, 0.1) is 0 Å². The second kappa shape index (κ2) is 3.82. The number of hydrogen-bond donors (Lipinski definition) is 0. The number of rotatable bonds is 1. The Balaban J connectivity index is 2.71. The maximum Gasteiger partial charge on any atom is 0.447 e. The first-order valence-electron chi connectivity index (χ1n) is 2.85. The fraction of sp³-hybridized carbons (Fsp3) is 0.167. The normalized spacial score (nSPS) is 11.7. The molecule has 0 saturated heterocycles. The first kappa shape index (κ1) is 10.1. The van der Waals surface area contributed by atoms with Gasteiger partial charge in [-0.25, -0.2) is 4.98 Å². The Hall–Kier alpha value is 0.0200. The van der Waals surface area contributed by atoms with Crippen molar-refractivity contribution in [1.29, 1.82) is 0 Å². The number of aromatic nitrogens is 1. The van der Waals surface area contributed by atoms with Crippen molar-refractivity contribution in [2.45, 2.75) is 10.5 Å². The largest absolute Gasteiger partial charge is 0.447 e. The van der Waals surface area contributed by atoms with Gasteiger partial charge in [-0.05, 0) is 34.7 Å². The zero-order valence-electron chi connectivity index (χ0n) is 5.60. The van der Waals surface area contributed by atoms with Crippen molar-refractivity contribution in [2.75, 3.05) is 0 Å². The van der Waals surface area contributed by atoms with Gasteiger partial charge >= 0.3 is 5.51 Å². The molecule has 6 heteroatoms. The lowest BCUT2D eigenvalue weighted by Gasteiger charge is -2.03. The first-order chi connectivity index (χ1) is 5.47. The van der Waals surface area contributed by atoms with E-state index in [1.54, 1.807) is 6.07 Å². The Morgan fingerprint density at radius 1 is 1.33 bits per heavy atom. The molecule has 0 bridgehead atoms. The van der Waals surface area contributed by atoms with Crippen molar-refractivity contribution in [3.8, 4) is 0 Å². The smallest absolute Gasteiger partial charge is 0.249 e. The highest BCUT2D eigenvalue weighted by Crippen LogP contribution is 2.35. The van der Waals surface area contributed by atoms with E-state index in [-0.39, 0.29) is 16.8 Å². The molecule has 0 atom stereocenters. The average Bonchev–Trinajstić information content (AvgIpc) is 1.91.